The summed E-state index contributed by atoms with van der Waals surface area (Å²) < 4.78 is 50.2. The quantitative estimate of drug-likeness (QED) is 0.279. The van der Waals surface area contributed by atoms with Gasteiger partial charge in [0.25, 0.3) is 0 Å². The fraction of sp³-hybridized carbons (Fsp3) is 0.296. The van der Waals surface area contributed by atoms with Crippen molar-refractivity contribution in [1.82, 2.24) is 24.6 Å². The fourth-order valence-corrected chi connectivity index (χ4v) is 5.04. The highest BCUT2D eigenvalue weighted by atomic mass is 32.2. The van der Waals surface area contributed by atoms with Crippen molar-refractivity contribution in [3.05, 3.63) is 83.2 Å². The Kier molecular flexibility index (Phi) is 7.31. The number of aromatic nitrogens is 4. The number of alkyl halides is 3. The zero-order valence-corrected chi connectivity index (χ0v) is 22.0. The Morgan fingerprint density at radius 1 is 1.05 bits per heavy atom. The first-order valence-electron chi connectivity index (χ1n) is 12.1. The maximum Gasteiger partial charge on any atom is 0.416 e. The predicted molar refractivity (Wildman–Crippen MR) is 141 cm³/mol. The molecule has 1 aliphatic rings. The van der Waals surface area contributed by atoms with Gasteiger partial charge in [-0.05, 0) is 48.6 Å². The number of anilines is 1. The molecular formula is C27H27F3N6OS. The van der Waals surface area contributed by atoms with Gasteiger partial charge in [0.2, 0.25) is 11.8 Å². The monoisotopic (exact) mass is 540 g/mol. The Morgan fingerprint density at radius 3 is 2.47 bits per heavy atom. The van der Waals surface area contributed by atoms with Crippen LogP contribution in [0.3, 0.4) is 0 Å². The van der Waals surface area contributed by atoms with Crippen molar-refractivity contribution >= 4 is 17.9 Å². The summed E-state index contributed by atoms with van der Waals surface area (Å²) in [4.78, 5) is 12.3. The molecule has 0 bridgehead atoms. The molecule has 5 rings (SSSR count). The molecule has 198 valence electrons. The van der Waals surface area contributed by atoms with E-state index in [1.165, 1.54) is 24.1 Å². The Hall–Kier alpha value is -3.57. The lowest BCUT2D eigenvalue weighted by Crippen LogP contribution is -2.53. The molecule has 0 radical (unpaired) electrons. The van der Waals surface area contributed by atoms with Crippen molar-refractivity contribution in [3.63, 3.8) is 0 Å². The standard InChI is InChI=1S/C27H27F3N6OS/c1-17-6-4-7-18(2)25(17)23-11-24(33-26(32-23)34-38-22-12-31-35(3)16-22)37-21-14-36(15-21)13-19-8-5-9-20(10-19)27(28,29)30/h4-12,16,21H,13-15H2,1-3H3,(H,32,33,34). The first-order valence-corrected chi connectivity index (χ1v) is 12.9. The molecule has 11 heteroatoms. The molecule has 0 atom stereocenters. The minimum absolute atomic E-state index is 0.125. The summed E-state index contributed by atoms with van der Waals surface area (Å²) in [6.07, 6.45) is -0.840. The second-order valence-electron chi connectivity index (χ2n) is 9.37. The van der Waals surface area contributed by atoms with E-state index >= 15 is 0 Å². The van der Waals surface area contributed by atoms with E-state index in [0.717, 1.165) is 33.3 Å². The third kappa shape index (κ3) is 6.11. The highest BCUT2D eigenvalue weighted by Crippen LogP contribution is 2.32. The van der Waals surface area contributed by atoms with Crippen molar-refractivity contribution < 1.29 is 17.9 Å². The zero-order valence-electron chi connectivity index (χ0n) is 21.2. The van der Waals surface area contributed by atoms with Crippen LogP contribution in [0.4, 0.5) is 19.1 Å². The molecule has 0 aliphatic carbocycles. The number of hydrogen-bond acceptors (Lipinski definition) is 7. The van der Waals surface area contributed by atoms with Gasteiger partial charge in [0, 0.05) is 44.5 Å². The summed E-state index contributed by atoms with van der Waals surface area (Å²) in [6.45, 7) is 5.69. The lowest BCUT2D eigenvalue weighted by molar-refractivity contribution is -0.137. The lowest BCUT2D eigenvalue weighted by Gasteiger charge is -2.38. The molecule has 1 aliphatic heterocycles. The normalized spacial score (nSPS) is 14.4. The van der Waals surface area contributed by atoms with Gasteiger partial charge in [-0.2, -0.15) is 23.3 Å². The average Bonchev–Trinajstić information content (AvgIpc) is 3.26. The molecule has 3 heterocycles. The summed E-state index contributed by atoms with van der Waals surface area (Å²) in [5, 5.41) is 4.18. The van der Waals surface area contributed by atoms with Crippen LogP contribution in [0.25, 0.3) is 11.3 Å². The Morgan fingerprint density at radius 2 is 1.79 bits per heavy atom. The predicted octanol–water partition coefficient (Wildman–Crippen LogP) is 5.90. The van der Waals surface area contributed by atoms with Crippen LogP contribution in [0.15, 0.2) is 65.8 Å². The summed E-state index contributed by atoms with van der Waals surface area (Å²) in [5.41, 5.74) is 3.95. The number of nitrogens with zero attached hydrogens (tertiary/aromatic N) is 5. The number of rotatable bonds is 8. The molecule has 0 unspecified atom stereocenters. The molecule has 38 heavy (non-hydrogen) atoms. The number of ether oxygens (including phenoxy) is 1. The van der Waals surface area contributed by atoms with E-state index < -0.39 is 11.7 Å². The minimum atomic E-state index is -4.35. The summed E-state index contributed by atoms with van der Waals surface area (Å²) in [6, 6.07) is 13.4. The number of halogens is 3. The van der Waals surface area contributed by atoms with Gasteiger partial charge in [-0.1, -0.05) is 36.4 Å². The van der Waals surface area contributed by atoms with Gasteiger partial charge in [-0.3, -0.25) is 14.3 Å². The summed E-state index contributed by atoms with van der Waals surface area (Å²) in [7, 11) is 1.85. The van der Waals surface area contributed by atoms with E-state index in [1.807, 2.05) is 56.3 Å². The number of aryl methyl sites for hydroxylation is 3. The van der Waals surface area contributed by atoms with Gasteiger partial charge in [0.1, 0.15) is 6.10 Å². The first-order chi connectivity index (χ1) is 18.1. The van der Waals surface area contributed by atoms with Gasteiger partial charge in [-0.25, -0.2) is 4.98 Å². The van der Waals surface area contributed by atoms with Crippen molar-refractivity contribution in [2.45, 2.75) is 37.6 Å². The van der Waals surface area contributed by atoms with Crippen LogP contribution in [-0.2, 0) is 19.8 Å². The lowest BCUT2D eigenvalue weighted by atomic mass is 10.00. The van der Waals surface area contributed by atoms with E-state index in [2.05, 4.69) is 14.8 Å². The van der Waals surface area contributed by atoms with E-state index in [9.17, 15) is 13.2 Å². The van der Waals surface area contributed by atoms with Gasteiger partial charge >= 0.3 is 6.18 Å². The van der Waals surface area contributed by atoms with Crippen molar-refractivity contribution in [3.8, 4) is 17.1 Å². The molecule has 0 saturated carbocycles. The van der Waals surface area contributed by atoms with Crippen molar-refractivity contribution in [2.75, 3.05) is 17.8 Å². The third-order valence-corrected chi connectivity index (χ3v) is 6.98. The number of hydrogen-bond donors (Lipinski definition) is 1. The first kappa shape index (κ1) is 26.1. The molecule has 2 aromatic carbocycles. The highest BCUT2D eigenvalue weighted by Gasteiger charge is 2.32. The molecule has 0 spiro atoms. The van der Waals surface area contributed by atoms with Gasteiger partial charge in [0.05, 0.1) is 22.3 Å². The number of likely N-dealkylation sites (tertiary alicyclic amines) is 1. The van der Waals surface area contributed by atoms with Crippen LogP contribution in [0.5, 0.6) is 5.88 Å². The van der Waals surface area contributed by atoms with E-state index in [0.29, 0.717) is 37.0 Å². The molecule has 1 N–H and O–H groups in total. The summed E-state index contributed by atoms with van der Waals surface area (Å²) in [5.74, 6) is 0.852. The molecule has 4 aromatic rings. The number of nitrogens with one attached hydrogen (secondary N) is 1. The zero-order chi connectivity index (χ0) is 26.9. The van der Waals surface area contributed by atoms with Crippen LogP contribution in [0.1, 0.15) is 22.3 Å². The largest absolute Gasteiger partial charge is 0.471 e. The van der Waals surface area contributed by atoms with E-state index in [-0.39, 0.29) is 6.10 Å². The van der Waals surface area contributed by atoms with Gasteiger partial charge in [0.15, 0.2) is 0 Å². The topological polar surface area (TPSA) is 68.1 Å². The van der Waals surface area contributed by atoms with Crippen LogP contribution < -0.4 is 9.46 Å². The summed E-state index contributed by atoms with van der Waals surface area (Å²) >= 11 is 1.36. The Labute approximate surface area is 223 Å². The molecule has 0 amide bonds. The Balaban J connectivity index is 1.30. The van der Waals surface area contributed by atoms with E-state index in [4.69, 9.17) is 9.72 Å². The molecule has 1 saturated heterocycles. The fourth-order valence-electron chi connectivity index (χ4n) is 4.43. The van der Waals surface area contributed by atoms with Crippen molar-refractivity contribution in [1.29, 1.82) is 0 Å². The maximum absolute atomic E-state index is 13.0. The van der Waals surface area contributed by atoms with E-state index in [1.54, 1.807) is 16.9 Å². The minimum Gasteiger partial charge on any atom is -0.471 e. The molecule has 1 fully saturated rings. The van der Waals surface area contributed by atoms with Crippen LogP contribution in [0.2, 0.25) is 0 Å². The Bertz CT molecular complexity index is 1410. The average molecular weight is 541 g/mol. The van der Waals surface area contributed by atoms with Gasteiger partial charge in [-0.15, -0.1) is 0 Å². The molecule has 2 aromatic heterocycles. The maximum atomic E-state index is 13.0. The molecular weight excluding hydrogens is 513 g/mol. The SMILES string of the molecule is Cc1cccc(C)c1-c1cc(OC2CN(Cc3cccc(C(F)(F)F)c3)C2)nc(NSc2cnn(C)c2)n1. The van der Waals surface area contributed by atoms with Crippen molar-refractivity contribution in [2.24, 2.45) is 7.05 Å². The van der Waals surface area contributed by atoms with Crippen LogP contribution in [0, 0.1) is 13.8 Å². The number of benzene rings is 2. The second-order valence-corrected chi connectivity index (χ2v) is 10.2. The van der Waals surface area contributed by atoms with Crippen LogP contribution >= 0.6 is 11.9 Å². The smallest absolute Gasteiger partial charge is 0.416 e. The third-order valence-electron chi connectivity index (χ3n) is 6.25. The van der Waals surface area contributed by atoms with Gasteiger partial charge < -0.3 is 4.74 Å². The highest BCUT2D eigenvalue weighted by molar-refractivity contribution is 8.00. The van der Waals surface area contributed by atoms with Crippen LogP contribution in [-0.4, -0.2) is 43.8 Å². The second kappa shape index (κ2) is 10.7. The molecule has 7 nitrogen and oxygen atoms in total.